The number of rotatable bonds is 13. The summed E-state index contributed by atoms with van der Waals surface area (Å²) in [4.78, 5) is 9.56. The van der Waals surface area contributed by atoms with Crippen LogP contribution in [0.15, 0.2) is 4.99 Å². The summed E-state index contributed by atoms with van der Waals surface area (Å²) in [5.74, 6) is 0.935. The predicted molar refractivity (Wildman–Crippen MR) is 98.2 cm³/mol. The second-order valence-electron chi connectivity index (χ2n) is 6.20. The van der Waals surface area contributed by atoms with Crippen molar-refractivity contribution in [2.24, 2.45) is 4.99 Å². The molecule has 0 bridgehead atoms. The lowest BCUT2D eigenvalue weighted by Crippen LogP contribution is -2.41. The Morgan fingerprint density at radius 2 is 1.96 bits per heavy atom. The SMILES string of the molecule is CCNC(=NCCN(CC)C1CC1)NCCN(C)CCCOC. The lowest BCUT2D eigenvalue weighted by atomic mass is 10.4. The number of hydrogen-bond acceptors (Lipinski definition) is 4. The molecule has 136 valence electrons. The normalized spacial score (nSPS) is 15.5. The Labute approximate surface area is 142 Å². The van der Waals surface area contributed by atoms with E-state index in [9.17, 15) is 0 Å². The molecule has 0 aromatic heterocycles. The minimum absolute atomic E-state index is 0.825. The van der Waals surface area contributed by atoms with Crippen LogP contribution in [0.2, 0.25) is 0 Å². The molecule has 0 aromatic rings. The number of methoxy groups -OCH3 is 1. The second kappa shape index (κ2) is 12.6. The van der Waals surface area contributed by atoms with E-state index in [0.29, 0.717) is 0 Å². The van der Waals surface area contributed by atoms with Gasteiger partial charge in [-0.2, -0.15) is 0 Å². The summed E-state index contributed by atoms with van der Waals surface area (Å²) in [6, 6.07) is 0.825. The highest BCUT2D eigenvalue weighted by atomic mass is 16.5. The molecule has 1 aliphatic rings. The van der Waals surface area contributed by atoms with Crippen molar-refractivity contribution in [1.82, 2.24) is 20.4 Å². The topological polar surface area (TPSA) is 52.1 Å². The molecule has 0 unspecified atom stereocenters. The predicted octanol–water partition coefficient (Wildman–Crippen LogP) is 0.994. The van der Waals surface area contributed by atoms with E-state index < -0.39 is 0 Å². The van der Waals surface area contributed by atoms with Crippen molar-refractivity contribution in [3.8, 4) is 0 Å². The van der Waals surface area contributed by atoms with E-state index in [-0.39, 0.29) is 0 Å². The van der Waals surface area contributed by atoms with Crippen molar-refractivity contribution < 1.29 is 4.74 Å². The fourth-order valence-electron chi connectivity index (χ4n) is 2.63. The molecule has 0 aromatic carbocycles. The quantitative estimate of drug-likeness (QED) is 0.300. The molecule has 2 N–H and O–H groups in total. The molecule has 1 aliphatic carbocycles. The number of guanidine groups is 1. The maximum atomic E-state index is 5.09. The Balaban J connectivity index is 2.20. The van der Waals surface area contributed by atoms with Crippen LogP contribution in [0.4, 0.5) is 0 Å². The van der Waals surface area contributed by atoms with Gasteiger partial charge in [0.25, 0.3) is 0 Å². The fraction of sp³-hybridized carbons (Fsp3) is 0.941. The summed E-state index contributed by atoms with van der Waals surface area (Å²) in [6.45, 7) is 12.1. The van der Waals surface area contributed by atoms with Gasteiger partial charge in [0.15, 0.2) is 5.96 Å². The van der Waals surface area contributed by atoms with Crippen LogP contribution in [0.5, 0.6) is 0 Å². The molecule has 0 saturated heterocycles. The molecule has 0 aliphatic heterocycles. The van der Waals surface area contributed by atoms with Crippen LogP contribution in [0.25, 0.3) is 0 Å². The minimum atomic E-state index is 0.825. The lowest BCUT2D eigenvalue weighted by molar-refractivity contribution is 0.180. The van der Waals surface area contributed by atoms with Crippen LogP contribution in [0.1, 0.15) is 33.1 Å². The molecule has 0 radical (unpaired) electrons. The van der Waals surface area contributed by atoms with E-state index in [0.717, 1.165) is 70.8 Å². The van der Waals surface area contributed by atoms with Gasteiger partial charge in [0.2, 0.25) is 0 Å². The first-order valence-electron chi connectivity index (χ1n) is 9.14. The highest BCUT2D eigenvalue weighted by Crippen LogP contribution is 2.25. The minimum Gasteiger partial charge on any atom is -0.385 e. The zero-order chi connectivity index (χ0) is 16.9. The van der Waals surface area contributed by atoms with E-state index in [2.05, 4.69) is 41.3 Å². The van der Waals surface area contributed by atoms with Crippen LogP contribution in [0, 0.1) is 0 Å². The number of nitrogens with zero attached hydrogens (tertiary/aromatic N) is 3. The summed E-state index contributed by atoms with van der Waals surface area (Å²) in [7, 11) is 3.90. The van der Waals surface area contributed by atoms with E-state index in [1.54, 1.807) is 7.11 Å². The van der Waals surface area contributed by atoms with E-state index in [1.165, 1.54) is 12.8 Å². The molecule has 1 saturated carbocycles. The maximum Gasteiger partial charge on any atom is 0.191 e. The van der Waals surface area contributed by atoms with Gasteiger partial charge in [0.1, 0.15) is 0 Å². The first-order valence-corrected chi connectivity index (χ1v) is 9.14. The molecular weight excluding hydrogens is 290 g/mol. The molecule has 0 heterocycles. The van der Waals surface area contributed by atoms with Gasteiger partial charge in [0, 0.05) is 52.5 Å². The molecule has 6 heteroatoms. The average molecular weight is 328 g/mol. The van der Waals surface area contributed by atoms with Gasteiger partial charge in [-0.15, -0.1) is 0 Å². The monoisotopic (exact) mass is 327 g/mol. The Kier molecular flexibility index (Phi) is 11.0. The van der Waals surface area contributed by atoms with Crippen molar-refractivity contribution in [3.05, 3.63) is 0 Å². The second-order valence-corrected chi connectivity index (χ2v) is 6.20. The van der Waals surface area contributed by atoms with Crippen LogP contribution in [0.3, 0.4) is 0 Å². The summed E-state index contributed by atoms with van der Waals surface area (Å²) in [6.07, 6.45) is 3.81. The molecular formula is C17H37N5O. The van der Waals surface area contributed by atoms with Gasteiger partial charge in [0.05, 0.1) is 6.54 Å². The summed E-state index contributed by atoms with van der Waals surface area (Å²) < 4.78 is 5.09. The van der Waals surface area contributed by atoms with Crippen molar-refractivity contribution in [2.45, 2.75) is 39.2 Å². The molecule has 0 atom stereocenters. The van der Waals surface area contributed by atoms with Crippen molar-refractivity contribution in [1.29, 1.82) is 0 Å². The van der Waals surface area contributed by atoms with Crippen molar-refractivity contribution >= 4 is 5.96 Å². The Bertz CT molecular complexity index is 320. The van der Waals surface area contributed by atoms with E-state index in [4.69, 9.17) is 9.73 Å². The van der Waals surface area contributed by atoms with Gasteiger partial charge >= 0.3 is 0 Å². The van der Waals surface area contributed by atoms with Crippen LogP contribution in [-0.2, 0) is 4.74 Å². The van der Waals surface area contributed by atoms with Gasteiger partial charge in [-0.25, -0.2) is 0 Å². The summed E-state index contributed by atoms with van der Waals surface area (Å²) in [5, 5.41) is 6.75. The first-order chi connectivity index (χ1) is 11.2. The van der Waals surface area contributed by atoms with Gasteiger partial charge in [-0.1, -0.05) is 6.92 Å². The average Bonchev–Trinajstić information content (AvgIpc) is 3.36. The van der Waals surface area contributed by atoms with Gasteiger partial charge in [-0.3, -0.25) is 9.89 Å². The number of hydrogen-bond donors (Lipinski definition) is 2. The third kappa shape index (κ3) is 9.79. The fourth-order valence-corrected chi connectivity index (χ4v) is 2.63. The largest absolute Gasteiger partial charge is 0.385 e. The molecule has 0 spiro atoms. The molecule has 6 nitrogen and oxygen atoms in total. The third-order valence-corrected chi connectivity index (χ3v) is 4.15. The van der Waals surface area contributed by atoms with Crippen LogP contribution >= 0.6 is 0 Å². The number of nitrogens with one attached hydrogen (secondary N) is 2. The first kappa shape index (κ1) is 20.2. The Morgan fingerprint density at radius 3 is 2.57 bits per heavy atom. The van der Waals surface area contributed by atoms with Gasteiger partial charge < -0.3 is 20.3 Å². The summed E-state index contributed by atoms with van der Waals surface area (Å²) >= 11 is 0. The van der Waals surface area contributed by atoms with E-state index >= 15 is 0 Å². The highest BCUT2D eigenvalue weighted by molar-refractivity contribution is 5.79. The Morgan fingerprint density at radius 1 is 1.17 bits per heavy atom. The molecule has 0 amide bonds. The standard InChI is InChI=1S/C17H37N5O/c1-5-18-17(19-10-13-21(3)12-7-15-23-4)20-11-14-22(6-2)16-8-9-16/h16H,5-15H2,1-4H3,(H2,18,19,20). The molecule has 1 rings (SSSR count). The smallest absolute Gasteiger partial charge is 0.191 e. The zero-order valence-corrected chi connectivity index (χ0v) is 15.6. The van der Waals surface area contributed by atoms with Crippen LogP contribution in [-0.4, -0.2) is 88.4 Å². The summed E-state index contributed by atoms with van der Waals surface area (Å²) in [5.41, 5.74) is 0. The highest BCUT2D eigenvalue weighted by Gasteiger charge is 2.27. The van der Waals surface area contributed by atoms with Crippen molar-refractivity contribution in [3.63, 3.8) is 0 Å². The Hall–Kier alpha value is -0.850. The van der Waals surface area contributed by atoms with Gasteiger partial charge in [-0.05, 0) is 39.8 Å². The lowest BCUT2D eigenvalue weighted by Gasteiger charge is -2.20. The zero-order valence-electron chi connectivity index (χ0n) is 15.6. The molecule has 1 fully saturated rings. The van der Waals surface area contributed by atoms with E-state index in [1.807, 2.05) is 0 Å². The van der Waals surface area contributed by atoms with Crippen molar-refractivity contribution in [2.75, 3.05) is 66.6 Å². The van der Waals surface area contributed by atoms with Crippen LogP contribution < -0.4 is 10.6 Å². The number of likely N-dealkylation sites (N-methyl/N-ethyl adjacent to an activating group) is 2. The molecule has 23 heavy (non-hydrogen) atoms. The number of aliphatic imine (C=N–C) groups is 1. The third-order valence-electron chi connectivity index (χ3n) is 4.15. The maximum absolute atomic E-state index is 5.09. The number of ether oxygens (including phenoxy) is 1.